The van der Waals surface area contributed by atoms with E-state index >= 15 is 0 Å². The highest BCUT2D eigenvalue weighted by Crippen LogP contribution is 2.31. The molecule has 3 aromatic rings. The van der Waals surface area contributed by atoms with E-state index in [2.05, 4.69) is 20.3 Å². The fourth-order valence-corrected chi connectivity index (χ4v) is 2.36. The lowest BCUT2D eigenvalue weighted by Gasteiger charge is -2.04. The predicted molar refractivity (Wildman–Crippen MR) is 83.1 cm³/mol. The highest BCUT2D eigenvalue weighted by atomic mass is 35.5. The van der Waals surface area contributed by atoms with Gasteiger partial charge in [-0.15, -0.1) is 0 Å². The lowest BCUT2D eigenvalue weighted by atomic mass is 10.1. The number of amides is 1. The first kappa shape index (κ1) is 14.2. The number of fused-ring (bicyclic) bond motifs is 1. The minimum absolute atomic E-state index is 0.187. The Labute approximate surface area is 130 Å². The van der Waals surface area contributed by atoms with Crippen LogP contribution < -0.4 is 5.32 Å². The van der Waals surface area contributed by atoms with Crippen LogP contribution in [0.1, 0.15) is 23.1 Å². The Hall–Kier alpha value is -2.73. The van der Waals surface area contributed by atoms with Crippen LogP contribution >= 0.6 is 11.6 Å². The summed E-state index contributed by atoms with van der Waals surface area (Å²) >= 11 is 5.97. The maximum absolute atomic E-state index is 12.6. The molecule has 2 aromatic heterocycles. The molecule has 0 saturated heterocycles. The Morgan fingerprint density at radius 3 is 2.77 bits per heavy atom. The molecule has 0 saturated carbocycles. The highest BCUT2D eigenvalue weighted by molar-refractivity contribution is 6.31. The van der Waals surface area contributed by atoms with E-state index in [-0.39, 0.29) is 23.1 Å². The number of hydrogen-bond donors (Lipinski definition) is 2. The molecule has 3 rings (SSSR count). The van der Waals surface area contributed by atoms with E-state index in [4.69, 9.17) is 11.6 Å². The fourth-order valence-electron chi connectivity index (χ4n) is 2.19. The Morgan fingerprint density at radius 1 is 1.27 bits per heavy atom. The average molecular weight is 315 g/mol. The molecule has 0 fully saturated rings. The average Bonchev–Trinajstić information content (AvgIpc) is 2.84. The van der Waals surface area contributed by atoms with Gasteiger partial charge in [0.25, 0.3) is 0 Å². The molecule has 1 amide bonds. The van der Waals surface area contributed by atoms with Crippen molar-refractivity contribution in [2.24, 2.45) is 0 Å². The largest absolute Gasteiger partial charge is 0.350 e. The SMILES string of the molecule is CC(=O)Nc1c(C(=O)c2cnccn2)[nH]c2cc(Cl)ccc12. The van der Waals surface area contributed by atoms with Gasteiger partial charge in [0.05, 0.1) is 11.9 Å². The van der Waals surface area contributed by atoms with Gasteiger partial charge in [0.1, 0.15) is 11.4 Å². The molecule has 0 atom stereocenters. The van der Waals surface area contributed by atoms with Crippen molar-refractivity contribution in [2.75, 3.05) is 5.32 Å². The van der Waals surface area contributed by atoms with Crippen molar-refractivity contribution in [1.82, 2.24) is 15.0 Å². The van der Waals surface area contributed by atoms with E-state index < -0.39 is 0 Å². The lowest BCUT2D eigenvalue weighted by Crippen LogP contribution is -2.12. The maximum atomic E-state index is 12.6. The molecule has 22 heavy (non-hydrogen) atoms. The van der Waals surface area contributed by atoms with E-state index in [0.29, 0.717) is 21.6 Å². The topological polar surface area (TPSA) is 87.7 Å². The molecule has 2 N–H and O–H groups in total. The molecule has 0 aliphatic rings. The van der Waals surface area contributed by atoms with Gasteiger partial charge < -0.3 is 10.3 Å². The van der Waals surface area contributed by atoms with Crippen molar-refractivity contribution in [2.45, 2.75) is 6.92 Å². The zero-order valence-electron chi connectivity index (χ0n) is 11.6. The van der Waals surface area contributed by atoms with Crippen molar-refractivity contribution >= 4 is 39.9 Å². The summed E-state index contributed by atoms with van der Waals surface area (Å²) in [7, 11) is 0. The summed E-state index contributed by atoms with van der Waals surface area (Å²) in [5, 5.41) is 3.91. The third-order valence-electron chi connectivity index (χ3n) is 3.08. The molecule has 0 unspecified atom stereocenters. The van der Waals surface area contributed by atoms with Crippen LogP contribution in [0.5, 0.6) is 0 Å². The minimum Gasteiger partial charge on any atom is -0.350 e. The van der Waals surface area contributed by atoms with Gasteiger partial charge in [0, 0.05) is 35.2 Å². The molecule has 0 bridgehead atoms. The van der Waals surface area contributed by atoms with Crippen molar-refractivity contribution < 1.29 is 9.59 Å². The van der Waals surface area contributed by atoms with Crippen molar-refractivity contribution in [3.05, 3.63) is 53.2 Å². The van der Waals surface area contributed by atoms with Crippen LogP contribution in [0, 0.1) is 0 Å². The Morgan fingerprint density at radius 2 is 2.09 bits per heavy atom. The van der Waals surface area contributed by atoms with Crippen LogP contribution in [-0.4, -0.2) is 26.6 Å². The van der Waals surface area contributed by atoms with Gasteiger partial charge in [-0.3, -0.25) is 14.6 Å². The van der Waals surface area contributed by atoms with Gasteiger partial charge in [-0.2, -0.15) is 0 Å². The van der Waals surface area contributed by atoms with Gasteiger partial charge in [-0.1, -0.05) is 11.6 Å². The second-order valence-corrected chi connectivity index (χ2v) is 5.10. The van der Waals surface area contributed by atoms with Crippen molar-refractivity contribution in [1.29, 1.82) is 0 Å². The number of anilines is 1. The third kappa shape index (κ3) is 2.56. The van der Waals surface area contributed by atoms with Crippen LogP contribution in [0.25, 0.3) is 10.9 Å². The first-order chi connectivity index (χ1) is 10.6. The van der Waals surface area contributed by atoms with Gasteiger partial charge in [0.2, 0.25) is 11.7 Å². The summed E-state index contributed by atoms with van der Waals surface area (Å²) in [6, 6.07) is 5.13. The second kappa shape index (κ2) is 5.57. The lowest BCUT2D eigenvalue weighted by molar-refractivity contribution is -0.114. The molecule has 1 aromatic carbocycles. The summed E-state index contributed by atoms with van der Waals surface area (Å²) in [6.07, 6.45) is 4.29. The number of nitrogens with one attached hydrogen (secondary N) is 2. The quantitative estimate of drug-likeness (QED) is 0.728. The zero-order valence-corrected chi connectivity index (χ0v) is 12.3. The van der Waals surface area contributed by atoms with E-state index in [0.717, 1.165) is 0 Å². The number of aromatic amines is 1. The number of carbonyl (C=O) groups excluding carboxylic acids is 2. The zero-order chi connectivity index (χ0) is 15.7. The summed E-state index contributed by atoms with van der Waals surface area (Å²) in [4.78, 5) is 34.9. The second-order valence-electron chi connectivity index (χ2n) is 4.67. The van der Waals surface area contributed by atoms with E-state index in [1.165, 1.54) is 25.5 Å². The molecule has 7 heteroatoms. The summed E-state index contributed by atoms with van der Waals surface area (Å²) in [5.41, 5.74) is 1.50. The number of halogens is 1. The molecule has 110 valence electrons. The first-order valence-electron chi connectivity index (χ1n) is 6.46. The number of aromatic nitrogens is 3. The van der Waals surface area contributed by atoms with Crippen molar-refractivity contribution in [3.63, 3.8) is 0 Å². The predicted octanol–water partition coefficient (Wildman–Crippen LogP) is 2.80. The molecule has 0 aliphatic carbocycles. The molecular formula is C15H11ClN4O2. The highest BCUT2D eigenvalue weighted by Gasteiger charge is 2.21. The van der Waals surface area contributed by atoms with E-state index in [1.54, 1.807) is 18.2 Å². The molecule has 2 heterocycles. The summed E-state index contributed by atoms with van der Waals surface area (Å²) in [6.45, 7) is 1.38. The van der Waals surface area contributed by atoms with Gasteiger partial charge >= 0.3 is 0 Å². The van der Waals surface area contributed by atoms with Gasteiger partial charge in [-0.05, 0) is 18.2 Å². The van der Waals surface area contributed by atoms with Crippen molar-refractivity contribution in [3.8, 4) is 0 Å². The molecule has 6 nitrogen and oxygen atoms in total. The number of H-pyrrole nitrogens is 1. The normalized spacial score (nSPS) is 10.6. The van der Waals surface area contributed by atoms with E-state index in [9.17, 15) is 9.59 Å². The monoisotopic (exact) mass is 314 g/mol. The Balaban J connectivity index is 2.19. The fraction of sp³-hybridized carbons (Fsp3) is 0.0667. The molecular weight excluding hydrogens is 304 g/mol. The Kier molecular flexibility index (Phi) is 3.60. The van der Waals surface area contributed by atoms with Crippen LogP contribution in [0.3, 0.4) is 0 Å². The van der Waals surface area contributed by atoms with Gasteiger partial charge in [-0.25, -0.2) is 4.98 Å². The van der Waals surface area contributed by atoms with Crippen LogP contribution in [-0.2, 0) is 4.79 Å². The third-order valence-corrected chi connectivity index (χ3v) is 3.32. The maximum Gasteiger partial charge on any atom is 0.231 e. The first-order valence-corrected chi connectivity index (χ1v) is 6.83. The van der Waals surface area contributed by atoms with Crippen LogP contribution in [0.15, 0.2) is 36.8 Å². The summed E-state index contributed by atoms with van der Waals surface area (Å²) < 4.78 is 0. The molecule has 0 aliphatic heterocycles. The summed E-state index contributed by atoms with van der Waals surface area (Å²) in [5.74, 6) is -0.631. The van der Waals surface area contributed by atoms with Gasteiger partial charge in [0.15, 0.2) is 0 Å². The molecule has 0 spiro atoms. The Bertz CT molecular complexity index is 874. The van der Waals surface area contributed by atoms with Crippen LogP contribution in [0.2, 0.25) is 5.02 Å². The van der Waals surface area contributed by atoms with E-state index in [1.807, 2.05) is 0 Å². The number of ketones is 1. The standard InChI is InChI=1S/C15H11ClN4O2/c1-8(21)19-13-10-3-2-9(16)6-11(10)20-14(13)15(22)12-7-17-4-5-18-12/h2-7,20H,1H3,(H,19,21). The van der Waals surface area contributed by atoms with Crippen LogP contribution in [0.4, 0.5) is 5.69 Å². The molecule has 0 radical (unpaired) electrons. The minimum atomic E-state index is -0.357. The number of nitrogens with zero attached hydrogens (tertiary/aromatic N) is 2. The number of rotatable bonds is 3. The number of hydrogen-bond acceptors (Lipinski definition) is 4. The number of benzene rings is 1. The number of carbonyl (C=O) groups is 2. The smallest absolute Gasteiger partial charge is 0.231 e.